The molecule has 2 heterocycles. The van der Waals surface area contributed by atoms with Gasteiger partial charge in [-0.1, -0.05) is 43.5 Å². The first-order valence-electron chi connectivity index (χ1n) is 13.7. The van der Waals surface area contributed by atoms with Gasteiger partial charge in [0.2, 0.25) is 10.9 Å². The fourth-order valence-corrected chi connectivity index (χ4v) is 6.28. The third kappa shape index (κ3) is 5.02. The Hall–Kier alpha value is -4.30. The van der Waals surface area contributed by atoms with Crippen molar-refractivity contribution in [1.29, 1.82) is 0 Å². The number of hydrogen-bond acceptors (Lipinski definition) is 7. The number of carbonyl (C=O) groups is 1. The Kier molecular flexibility index (Phi) is 7.17. The number of nitrogens with zero attached hydrogens (tertiary/aromatic N) is 1. The lowest BCUT2D eigenvalue weighted by atomic mass is 9.91. The number of hydrogen-bond donors (Lipinski definition) is 3. The highest BCUT2D eigenvalue weighted by Gasteiger charge is 2.26. The summed E-state index contributed by atoms with van der Waals surface area (Å²) in [4.78, 5) is 43.4. The van der Waals surface area contributed by atoms with Crippen molar-refractivity contribution in [2.75, 3.05) is 16.0 Å². The standard InChI is InChI=1S/C32H30N4O3S/c1-19-11-12-22(17-24(19)27-28(30(38)29(27)37)35-21-7-3-2-4-8-21)36-32(39)31-26(14-16-40-31)34-18-20-13-15-33-25-10-6-5-9-23(20)25/h5-6,9-17,21,34-35H,2-4,7-8,18H2,1H3,(H,36,39). The van der Waals surface area contributed by atoms with Crippen LogP contribution in [0.3, 0.4) is 0 Å². The van der Waals surface area contributed by atoms with Gasteiger partial charge in [0.15, 0.2) is 0 Å². The molecule has 3 N–H and O–H groups in total. The van der Waals surface area contributed by atoms with Crippen molar-refractivity contribution in [3.63, 3.8) is 0 Å². The van der Waals surface area contributed by atoms with E-state index in [1.165, 1.54) is 17.8 Å². The van der Waals surface area contributed by atoms with Gasteiger partial charge in [-0.25, -0.2) is 0 Å². The van der Waals surface area contributed by atoms with Gasteiger partial charge < -0.3 is 16.0 Å². The molecule has 0 unspecified atom stereocenters. The Morgan fingerprint density at radius 1 is 1.00 bits per heavy atom. The summed E-state index contributed by atoms with van der Waals surface area (Å²) >= 11 is 1.36. The molecule has 0 spiro atoms. The molecule has 3 aromatic carbocycles. The molecule has 40 heavy (non-hydrogen) atoms. The van der Waals surface area contributed by atoms with Gasteiger partial charge in [0.05, 0.1) is 22.5 Å². The summed E-state index contributed by atoms with van der Waals surface area (Å²) in [6, 6.07) is 17.6. The summed E-state index contributed by atoms with van der Waals surface area (Å²) < 4.78 is 0. The molecule has 1 amide bonds. The van der Waals surface area contributed by atoms with Gasteiger partial charge in [0.1, 0.15) is 4.88 Å². The minimum atomic E-state index is -0.474. The van der Waals surface area contributed by atoms with E-state index in [1.807, 2.05) is 60.8 Å². The quantitative estimate of drug-likeness (QED) is 0.191. The molecular weight excluding hydrogens is 520 g/mol. The van der Waals surface area contributed by atoms with E-state index in [-0.39, 0.29) is 11.9 Å². The molecule has 202 valence electrons. The maximum absolute atomic E-state index is 13.3. The summed E-state index contributed by atoms with van der Waals surface area (Å²) in [5.74, 6) is -0.238. The van der Waals surface area contributed by atoms with E-state index in [1.54, 1.807) is 12.3 Å². The summed E-state index contributed by atoms with van der Waals surface area (Å²) in [7, 11) is 0. The number of thiophene rings is 1. The minimum absolute atomic E-state index is 0.217. The van der Waals surface area contributed by atoms with Gasteiger partial charge in [-0.05, 0) is 72.2 Å². The molecule has 1 saturated carbocycles. The van der Waals surface area contributed by atoms with Crippen LogP contribution in [0.1, 0.15) is 52.9 Å². The smallest absolute Gasteiger partial charge is 0.267 e. The monoisotopic (exact) mass is 550 g/mol. The number of carbonyl (C=O) groups excluding carboxylic acids is 1. The minimum Gasteiger partial charge on any atom is -0.380 e. The van der Waals surface area contributed by atoms with E-state index >= 15 is 0 Å². The summed E-state index contributed by atoms with van der Waals surface area (Å²) in [6.07, 6.45) is 7.26. The highest BCUT2D eigenvalue weighted by atomic mass is 32.1. The van der Waals surface area contributed by atoms with E-state index in [0.29, 0.717) is 33.9 Å². The van der Waals surface area contributed by atoms with E-state index in [0.717, 1.165) is 53.4 Å². The van der Waals surface area contributed by atoms with Crippen molar-refractivity contribution < 1.29 is 4.79 Å². The summed E-state index contributed by atoms with van der Waals surface area (Å²) in [6.45, 7) is 2.46. The van der Waals surface area contributed by atoms with Crippen LogP contribution in [0.5, 0.6) is 0 Å². The molecule has 5 aromatic rings. The molecular formula is C32H30N4O3S. The van der Waals surface area contributed by atoms with Gasteiger partial charge in [-0.3, -0.25) is 19.4 Å². The SMILES string of the molecule is Cc1ccc(NC(=O)c2sccc2NCc2ccnc3ccccc23)cc1-c1c(NC2CCCCC2)c(=O)c1=O. The van der Waals surface area contributed by atoms with Crippen LogP contribution in [0.2, 0.25) is 0 Å². The lowest BCUT2D eigenvalue weighted by Crippen LogP contribution is -2.39. The second-order valence-electron chi connectivity index (χ2n) is 10.4. The van der Waals surface area contributed by atoms with Crippen LogP contribution >= 0.6 is 11.3 Å². The van der Waals surface area contributed by atoms with Gasteiger partial charge in [0, 0.05) is 29.9 Å². The van der Waals surface area contributed by atoms with Crippen LogP contribution in [0, 0.1) is 6.92 Å². The van der Waals surface area contributed by atoms with Gasteiger partial charge in [-0.2, -0.15) is 0 Å². The highest BCUT2D eigenvalue weighted by molar-refractivity contribution is 7.12. The summed E-state index contributed by atoms with van der Waals surface area (Å²) in [5, 5.41) is 12.7. The van der Waals surface area contributed by atoms with Crippen LogP contribution in [0.25, 0.3) is 22.0 Å². The second-order valence-corrected chi connectivity index (χ2v) is 11.3. The number of rotatable bonds is 8. The number of para-hydroxylation sites is 1. The topological polar surface area (TPSA) is 100 Å². The number of amides is 1. The van der Waals surface area contributed by atoms with E-state index in [4.69, 9.17) is 0 Å². The van der Waals surface area contributed by atoms with Crippen molar-refractivity contribution in [3.8, 4) is 11.1 Å². The molecule has 6 rings (SSSR count). The first-order valence-corrected chi connectivity index (χ1v) is 14.5. The number of benzene rings is 2. The molecule has 0 radical (unpaired) electrons. The van der Waals surface area contributed by atoms with Crippen molar-refractivity contribution in [1.82, 2.24) is 4.98 Å². The Balaban J connectivity index is 1.20. The number of fused-ring (bicyclic) bond motifs is 1. The number of aryl methyl sites for hydroxylation is 1. The molecule has 2 aromatic heterocycles. The predicted octanol–water partition coefficient (Wildman–Crippen LogP) is 6.48. The fraction of sp³-hybridized carbons (Fsp3) is 0.250. The molecule has 0 aliphatic heterocycles. The zero-order chi connectivity index (χ0) is 27.6. The van der Waals surface area contributed by atoms with E-state index < -0.39 is 10.9 Å². The number of anilines is 3. The average molecular weight is 551 g/mol. The third-order valence-corrected chi connectivity index (χ3v) is 8.62. The Morgan fingerprint density at radius 2 is 1.82 bits per heavy atom. The number of pyridine rings is 1. The molecule has 7 nitrogen and oxygen atoms in total. The predicted molar refractivity (Wildman–Crippen MR) is 163 cm³/mol. The first kappa shape index (κ1) is 26.0. The fourth-order valence-electron chi connectivity index (χ4n) is 5.52. The van der Waals surface area contributed by atoms with Crippen LogP contribution in [0.15, 0.2) is 75.8 Å². The van der Waals surface area contributed by atoms with Crippen LogP contribution in [-0.4, -0.2) is 16.9 Å². The first-order chi connectivity index (χ1) is 19.5. The summed E-state index contributed by atoms with van der Waals surface area (Å²) in [5.41, 5.74) is 4.80. The van der Waals surface area contributed by atoms with Gasteiger partial charge >= 0.3 is 0 Å². The van der Waals surface area contributed by atoms with Crippen LogP contribution < -0.4 is 26.8 Å². The Bertz CT molecular complexity index is 1770. The molecule has 1 fully saturated rings. The lowest BCUT2D eigenvalue weighted by Gasteiger charge is -2.26. The normalized spacial score (nSPS) is 13.9. The zero-order valence-corrected chi connectivity index (χ0v) is 23.1. The molecule has 0 atom stereocenters. The zero-order valence-electron chi connectivity index (χ0n) is 22.3. The molecule has 1 aliphatic rings. The van der Waals surface area contributed by atoms with Crippen molar-refractivity contribution in [2.45, 2.75) is 51.6 Å². The highest BCUT2D eigenvalue weighted by Crippen LogP contribution is 2.32. The van der Waals surface area contributed by atoms with Crippen molar-refractivity contribution in [3.05, 3.63) is 103 Å². The van der Waals surface area contributed by atoms with E-state index in [9.17, 15) is 14.4 Å². The van der Waals surface area contributed by atoms with Gasteiger partial charge in [-0.15, -0.1) is 11.3 Å². The van der Waals surface area contributed by atoms with E-state index in [2.05, 4.69) is 20.9 Å². The number of aromatic nitrogens is 1. The third-order valence-electron chi connectivity index (χ3n) is 7.71. The Morgan fingerprint density at radius 3 is 2.67 bits per heavy atom. The molecule has 0 saturated heterocycles. The van der Waals surface area contributed by atoms with Crippen LogP contribution in [0.4, 0.5) is 17.1 Å². The second kappa shape index (κ2) is 11.1. The largest absolute Gasteiger partial charge is 0.380 e. The van der Waals surface area contributed by atoms with Crippen molar-refractivity contribution in [2.24, 2.45) is 0 Å². The molecule has 8 heteroatoms. The van der Waals surface area contributed by atoms with Gasteiger partial charge in [0.25, 0.3) is 5.91 Å². The maximum Gasteiger partial charge on any atom is 0.267 e. The molecule has 1 aliphatic carbocycles. The van der Waals surface area contributed by atoms with Crippen molar-refractivity contribution >= 4 is 45.2 Å². The lowest BCUT2D eigenvalue weighted by molar-refractivity contribution is 0.103. The van der Waals surface area contributed by atoms with Crippen LogP contribution in [-0.2, 0) is 6.54 Å². The maximum atomic E-state index is 13.3. The Labute approximate surface area is 236 Å². The molecule has 0 bridgehead atoms. The average Bonchev–Trinajstić information content (AvgIpc) is 3.46. The number of nitrogens with one attached hydrogen (secondary N) is 3.